The highest BCUT2D eigenvalue weighted by Gasteiger charge is 2.34. The second-order valence-corrected chi connectivity index (χ2v) is 13.1. The second-order valence-electron chi connectivity index (χ2n) is 10.8. The van der Waals surface area contributed by atoms with Gasteiger partial charge in [-0.25, -0.2) is 8.42 Å². The Bertz CT molecular complexity index is 1450. The zero-order valence-electron chi connectivity index (χ0n) is 24.3. The minimum atomic E-state index is -4.18. The molecule has 3 rings (SSSR count). The molecule has 8 nitrogen and oxygen atoms in total. The van der Waals surface area contributed by atoms with Gasteiger partial charge >= 0.3 is 0 Å². The van der Waals surface area contributed by atoms with E-state index >= 15 is 0 Å². The van der Waals surface area contributed by atoms with Crippen molar-refractivity contribution in [2.45, 2.75) is 64.1 Å². The molecule has 0 aliphatic rings. The third kappa shape index (κ3) is 8.24. The van der Waals surface area contributed by atoms with E-state index in [4.69, 9.17) is 16.3 Å². The molecule has 0 aliphatic carbocycles. The molecule has 10 heteroatoms. The number of sulfonamides is 1. The molecule has 0 saturated heterocycles. The van der Waals surface area contributed by atoms with Gasteiger partial charge in [-0.2, -0.15) is 0 Å². The van der Waals surface area contributed by atoms with E-state index in [1.54, 1.807) is 60.7 Å². The van der Waals surface area contributed by atoms with Crippen molar-refractivity contribution in [3.63, 3.8) is 0 Å². The number of nitrogens with zero attached hydrogens (tertiary/aromatic N) is 2. The number of anilines is 1. The SMILES string of the molecule is CC[C@@H](C(=O)NC(C)(C)C)N(Cc1ccccc1Cl)C(=O)CN(c1ccc(C)cc1)S(=O)(=O)c1ccc(OC)cc1. The van der Waals surface area contributed by atoms with Gasteiger partial charge in [-0.3, -0.25) is 13.9 Å². The normalized spacial score (nSPS) is 12.4. The van der Waals surface area contributed by atoms with Gasteiger partial charge in [0.15, 0.2) is 0 Å². The summed E-state index contributed by atoms with van der Waals surface area (Å²) in [5.74, 6) is -0.373. The van der Waals surface area contributed by atoms with E-state index in [0.29, 0.717) is 28.4 Å². The number of benzene rings is 3. The summed E-state index contributed by atoms with van der Waals surface area (Å²) in [6.07, 6.45) is 0.313. The Morgan fingerprint density at radius 3 is 2.12 bits per heavy atom. The van der Waals surface area contributed by atoms with Crippen molar-refractivity contribution in [1.29, 1.82) is 0 Å². The summed E-state index contributed by atoms with van der Waals surface area (Å²) in [6, 6.07) is 19.1. The van der Waals surface area contributed by atoms with Crippen molar-refractivity contribution in [1.82, 2.24) is 10.2 Å². The molecule has 2 amide bonds. The lowest BCUT2D eigenvalue weighted by Gasteiger charge is -2.35. The maximum absolute atomic E-state index is 14.1. The van der Waals surface area contributed by atoms with E-state index in [-0.39, 0.29) is 17.3 Å². The van der Waals surface area contributed by atoms with E-state index in [0.717, 1.165) is 9.87 Å². The predicted octanol–water partition coefficient (Wildman–Crippen LogP) is 5.57. The minimum absolute atomic E-state index is 0.00171. The van der Waals surface area contributed by atoms with Crippen LogP contribution in [-0.4, -0.2) is 50.4 Å². The van der Waals surface area contributed by atoms with Crippen LogP contribution in [0.3, 0.4) is 0 Å². The third-order valence-electron chi connectivity index (χ3n) is 6.43. The molecule has 3 aromatic carbocycles. The van der Waals surface area contributed by atoms with Crippen molar-refractivity contribution in [2.24, 2.45) is 0 Å². The molecule has 0 aromatic heterocycles. The fraction of sp³-hybridized carbons (Fsp3) is 0.355. The first kappa shape index (κ1) is 32.0. The van der Waals surface area contributed by atoms with Crippen LogP contribution in [0.5, 0.6) is 5.75 Å². The lowest BCUT2D eigenvalue weighted by atomic mass is 10.1. The van der Waals surface area contributed by atoms with Crippen LogP contribution < -0.4 is 14.4 Å². The molecule has 41 heavy (non-hydrogen) atoms. The number of carbonyl (C=O) groups excluding carboxylic acids is 2. The average molecular weight is 600 g/mol. The molecule has 3 aromatic rings. The van der Waals surface area contributed by atoms with E-state index in [2.05, 4.69) is 5.32 Å². The molecule has 1 atom stereocenters. The number of methoxy groups -OCH3 is 1. The van der Waals surface area contributed by atoms with Gasteiger partial charge in [-0.1, -0.05) is 54.4 Å². The number of halogens is 1. The van der Waals surface area contributed by atoms with E-state index in [1.807, 2.05) is 34.6 Å². The van der Waals surface area contributed by atoms with Crippen LogP contribution in [0.25, 0.3) is 0 Å². The third-order valence-corrected chi connectivity index (χ3v) is 8.59. The standard InChI is InChI=1S/C31H38ClN3O5S/c1-7-28(30(37)33-31(3,4)5)34(20-23-10-8-9-11-27(23)32)29(36)21-35(24-14-12-22(2)13-15-24)41(38,39)26-18-16-25(40-6)17-19-26/h8-19,28H,7,20-21H2,1-6H3,(H,33,37)/t28-/m0/s1. The average Bonchev–Trinajstić information content (AvgIpc) is 2.92. The summed E-state index contributed by atoms with van der Waals surface area (Å²) in [4.78, 5) is 28.9. The van der Waals surface area contributed by atoms with E-state index in [9.17, 15) is 18.0 Å². The lowest BCUT2D eigenvalue weighted by Crippen LogP contribution is -2.55. The summed E-state index contributed by atoms with van der Waals surface area (Å²) < 4.78 is 34.2. The van der Waals surface area contributed by atoms with Crippen molar-refractivity contribution < 1.29 is 22.7 Å². The van der Waals surface area contributed by atoms with Gasteiger partial charge in [0.05, 0.1) is 17.7 Å². The monoisotopic (exact) mass is 599 g/mol. The van der Waals surface area contributed by atoms with Crippen LogP contribution in [-0.2, 0) is 26.2 Å². The molecule has 0 radical (unpaired) electrons. The first-order chi connectivity index (χ1) is 19.3. The largest absolute Gasteiger partial charge is 0.497 e. The topological polar surface area (TPSA) is 96.0 Å². The first-order valence-corrected chi connectivity index (χ1v) is 15.2. The summed E-state index contributed by atoms with van der Waals surface area (Å²) >= 11 is 6.45. The van der Waals surface area contributed by atoms with Crippen LogP contribution in [0.15, 0.2) is 77.7 Å². The van der Waals surface area contributed by atoms with E-state index < -0.39 is 34.1 Å². The Kier molecular flexibility index (Phi) is 10.4. The Labute approximate surface area is 248 Å². The van der Waals surface area contributed by atoms with Crippen molar-refractivity contribution in [2.75, 3.05) is 18.0 Å². The van der Waals surface area contributed by atoms with Crippen molar-refractivity contribution in [3.8, 4) is 5.75 Å². The summed E-state index contributed by atoms with van der Waals surface area (Å²) in [5, 5.41) is 3.40. The van der Waals surface area contributed by atoms with Gasteiger partial charge in [-0.05, 0) is 82.1 Å². The fourth-order valence-corrected chi connectivity index (χ4v) is 5.91. The Balaban J connectivity index is 2.08. The van der Waals surface area contributed by atoms with Gasteiger partial charge in [0, 0.05) is 17.1 Å². The Morgan fingerprint density at radius 1 is 0.976 bits per heavy atom. The molecule has 0 saturated carbocycles. The Morgan fingerprint density at radius 2 is 1.59 bits per heavy atom. The quantitative estimate of drug-likeness (QED) is 0.311. The van der Waals surface area contributed by atoms with Crippen LogP contribution in [0, 0.1) is 6.92 Å². The molecule has 1 N–H and O–H groups in total. The van der Waals surface area contributed by atoms with Crippen LogP contribution in [0.4, 0.5) is 5.69 Å². The minimum Gasteiger partial charge on any atom is -0.497 e. The van der Waals surface area contributed by atoms with Gasteiger partial charge < -0.3 is 15.0 Å². The Hall–Kier alpha value is -3.56. The van der Waals surface area contributed by atoms with E-state index in [1.165, 1.54) is 24.1 Å². The smallest absolute Gasteiger partial charge is 0.264 e. The van der Waals surface area contributed by atoms with Crippen molar-refractivity contribution in [3.05, 3.63) is 88.9 Å². The summed E-state index contributed by atoms with van der Waals surface area (Å²) in [5.41, 5.74) is 1.37. The molecular formula is C31H38ClN3O5S. The van der Waals surface area contributed by atoms with Crippen LogP contribution in [0.2, 0.25) is 5.02 Å². The number of amides is 2. The highest BCUT2D eigenvalue weighted by Crippen LogP contribution is 2.27. The maximum Gasteiger partial charge on any atom is 0.264 e. The maximum atomic E-state index is 14.1. The van der Waals surface area contributed by atoms with Gasteiger partial charge in [0.25, 0.3) is 10.0 Å². The number of aryl methyl sites for hydroxylation is 1. The molecule has 0 spiro atoms. The molecule has 0 heterocycles. The molecular weight excluding hydrogens is 562 g/mol. The molecule has 220 valence electrons. The molecule has 0 unspecified atom stereocenters. The van der Waals surface area contributed by atoms with Crippen molar-refractivity contribution >= 4 is 39.1 Å². The molecule has 0 aliphatic heterocycles. The number of hydrogen-bond donors (Lipinski definition) is 1. The highest BCUT2D eigenvalue weighted by molar-refractivity contribution is 7.92. The number of nitrogens with one attached hydrogen (secondary N) is 1. The van der Waals surface area contributed by atoms with Crippen LogP contribution >= 0.6 is 11.6 Å². The summed E-state index contributed by atoms with van der Waals surface area (Å²) in [7, 11) is -2.69. The van der Waals surface area contributed by atoms with Gasteiger partial charge in [0.2, 0.25) is 11.8 Å². The highest BCUT2D eigenvalue weighted by atomic mass is 35.5. The van der Waals surface area contributed by atoms with Gasteiger partial charge in [-0.15, -0.1) is 0 Å². The number of hydrogen-bond acceptors (Lipinski definition) is 5. The van der Waals surface area contributed by atoms with Crippen LogP contribution in [0.1, 0.15) is 45.2 Å². The number of ether oxygens (including phenoxy) is 1. The summed E-state index contributed by atoms with van der Waals surface area (Å²) in [6.45, 7) is 8.78. The molecule has 0 bridgehead atoms. The number of rotatable bonds is 11. The second kappa shape index (κ2) is 13.4. The lowest BCUT2D eigenvalue weighted by molar-refractivity contribution is -0.141. The fourth-order valence-electron chi connectivity index (χ4n) is 4.30. The molecule has 0 fully saturated rings. The first-order valence-electron chi connectivity index (χ1n) is 13.3. The zero-order chi connectivity index (χ0) is 30.4. The van der Waals surface area contributed by atoms with Gasteiger partial charge in [0.1, 0.15) is 18.3 Å². The zero-order valence-corrected chi connectivity index (χ0v) is 25.9. The number of carbonyl (C=O) groups is 2. The predicted molar refractivity (Wildman–Crippen MR) is 163 cm³/mol.